The van der Waals surface area contributed by atoms with Gasteiger partial charge in [0.2, 0.25) is 6.41 Å². The zero-order valence-corrected chi connectivity index (χ0v) is 15.8. The number of aromatic carboxylic acids is 1. The van der Waals surface area contributed by atoms with Gasteiger partial charge in [-0.25, -0.2) is 9.78 Å². The standard InChI is InChI=1S/C20H21N5O4/c26-12-23-7-3-17-15(10-23)18(22-25(17)13-4-8-29-9-5-13)14-2-1-6-24-11-16(20(27)28)21-19(14)24/h1-2,6,11-13H,3-5,7-10H2,(H,27,28). The Hall–Kier alpha value is -3.20. The van der Waals surface area contributed by atoms with E-state index in [1.165, 1.54) is 6.20 Å². The molecule has 5 rings (SSSR count). The van der Waals surface area contributed by atoms with Crippen LogP contribution in [-0.2, 0) is 22.5 Å². The molecule has 150 valence electrons. The van der Waals surface area contributed by atoms with Crippen molar-refractivity contribution < 1.29 is 19.4 Å². The first-order chi connectivity index (χ1) is 14.2. The second-order valence-corrected chi connectivity index (χ2v) is 7.47. The third-order valence-electron chi connectivity index (χ3n) is 5.76. The van der Waals surface area contributed by atoms with Gasteiger partial charge in [0.25, 0.3) is 0 Å². The summed E-state index contributed by atoms with van der Waals surface area (Å²) in [5.41, 5.74) is 4.25. The first-order valence-electron chi connectivity index (χ1n) is 9.74. The van der Waals surface area contributed by atoms with E-state index in [1.807, 2.05) is 12.1 Å². The molecule has 0 unspecified atom stereocenters. The Kier molecular flexibility index (Phi) is 4.31. The summed E-state index contributed by atoms with van der Waals surface area (Å²) in [5, 5.41) is 14.3. The van der Waals surface area contributed by atoms with E-state index in [2.05, 4.69) is 9.67 Å². The van der Waals surface area contributed by atoms with Crippen molar-refractivity contribution in [2.24, 2.45) is 0 Å². The minimum atomic E-state index is -1.07. The number of rotatable bonds is 4. The van der Waals surface area contributed by atoms with Gasteiger partial charge in [-0.1, -0.05) is 0 Å². The summed E-state index contributed by atoms with van der Waals surface area (Å²) in [6.07, 6.45) is 6.70. The predicted molar refractivity (Wildman–Crippen MR) is 103 cm³/mol. The maximum atomic E-state index is 11.4. The van der Waals surface area contributed by atoms with Crippen LogP contribution in [0.5, 0.6) is 0 Å². The zero-order valence-electron chi connectivity index (χ0n) is 15.8. The van der Waals surface area contributed by atoms with E-state index in [0.717, 1.165) is 48.2 Å². The van der Waals surface area contributed by atoms with E-state index in [9.17, 15) is 14.7 Å². The molecular formula is C20H21N5O4. The van der Waals surface area contributed by atoms with Crippen LogP contribution in [0.1, 0.15) is 40.6 Å². The molecular weight excluding hydrogens is 374 g/mol. The molecule has 2 aliphatic heterocycles. The topological polar surface area (TPSA) is 102 Å². The van der Waals surface area contributed by atoms with Crippen LogP contribution in [0.25, 0.3) is 16.9 Å². The summed E-state index contributed by atoms with van der Waals surface area (Å²) < 4.78 is 9.33. The Morgan fingerprint density at radius 2 is 2.14 bits per heavy atom. The van der Waals surface area contributed by atoms with Gasteiger partial charge in [0.1, 0.15) is 11.3 Å². The Morgan fingerprint density at radius 1 is 1.31 bits per heavy atom. The summed E-state index contributed by atoms with van der Waals surface area (Å²) in [5.74, 6) is -1.07. The van der Waals surface area contributed by atoms with Gasteiger partial charge in [0.05, 0.1) is 6.04 Å². The van der Waals surface area contributed by atoms with Crippen molar-refractivity contribution >= 4 is 18.0 Å². The molecule has 9 nitrogen and oxygen atoms in total. The summed E-state index contributed by atoms with van der Waals surface area (Å²) in [7, 11) is 0. The third-order valence-corrected chi connectivity index (χ3v) is 5.76. The van der Waals surface area contributed by atoms with Crippen molar-refractivity contribution in [2.45, 2.75) is 31.8 Å². The molecule has 3 aromatic rings. The average molecular weight is 395 g/mol. The van der Waals surface area contributed by atoms with E-state index < -0.39 is 5.97 Å². The molecule has 1 fully saturated rings. The third kappa shape index (κ3) is 2.98. The van der Waals surface area contributed by atoms with E-state index >= 15 is 0 Å². The highest BCUT2D eigenvalue weighted by atomic mass is 16.5. The van der Waals surface area contributed by atoms with E-state index in [4.69, 9.17) is 9.84 Å². The summed E-state index contributed by atoms with van der Waals surface area (Å²) in [6.45, 7) is 2.59. The molecule has 1 N–H and O–H groups in total. The quantitative estimate of drug-likeness (QED) is 0.676. The fourth-order valence-corrected chi connectivity index (χ4v) is 4.31. The Labute approximate surface area is 166 Å². The maximum absolute atomic E-state index is 11.4. The monoisotopic (exact) mass is 395 g/mol. The molecule has 0 atom stereocenters. The number of hydrogen-bond acceptors (Lipinski definition) is 5. The number of carbonyl (C=O) groups excluding carboxylic acids is 1. The number of nitrogens with zero attached hydrogens (tertiary/aromatic N) is 5. The molecule has 0 aliphatic carbocycles. The van der Waals surface area contributed by atoms with Crippen LogP contribution in [0, 0.1) is 0 Å². The summed E-state index contributed by atoms with van der Waals surface area (Å²) in [4.78, 5) is 28.9. The van der Waals surface area contributed by atoms with Crippen LogP contribution in [0.4, 0.5) is 0 Å². The second kappa shape index (κ2) is 7.00. The molecule has 5 heterocycles. The average Bonchev–Trinajstić information content (AvgIpc) is 3.36. The maximum Gasteiger partial charge on any atom is 0.356 e. The number of carboxylic acid groups (broad SMARTS) is 1. The first-order valence-corrected chi connectivity index (χ1v) is 9.74. The fourth-order valence-electron chi connectivity index (χ4n) is 4.31. The minimum Gasteiger partial charge on any atom is -0.476 e. The smallest absolute Gasteiger partial charge is 0.356 e. The van der Waals surface area contributed by atoms with Gasteiger partial charge < -0.3 is 19.1 Å². The highest BCUT2D eigenvalue weighted by molar-refractivity contribution is 5.88. The summed E-state index contributed by atoms with van der Waals surface area (Å²) >= 11 is 0. The van der Waals surface area contributed by atoms with Crippen molar-refractivity contribution in [2.75, 3.05) is 19.8 Å². The number of imidazole rings is 1. The van der Waals surface area contributed by atoms with Gasteiger partial charge in [-0.15, -0.1) is 0 Å². The van der Waals surface area contributed by atoms with Crippen LogP contribution < -0.4 is 0 Å². The van der Waals surface area contributed by atoms with Crippen LogP contribution in [0.15, 0.2) is 24.5 Å². The molecule has 1 saturated heterocycles. The second-order valence-electron chi connectivity index (χ2n) is 7.47. The molecule has 0 aromatic carbocycles. The Bertz CT molecular complexity index is 1100. The molecule has 0 spiro atoms. The molecule has 3 aromatic heterocycles. The highest BCUT2D eigenvalue weighted by Gasteiger charge is 2.30. The molecule has 1 amide bonds. The zero-order chi connectivity index (χ0) is 20.0. The van der Waals surface area contributed by atoms with E-state index in [1.54, 1.807) is 15.5 Å². The molecule has 0 bridgehead atoms. The lowest BCUT2D eigenvalue weighted by atomic mass is 10.0. The lowest BCUT2D eigenvalue weighted by Gasteiger charge is -2.28. The van der Waals surface area contributed by atoms with Crippen molar-refractivity contribution in [3.63, 3.8) is 0 Å². The van der Waals surface area contributed by atoms with Crippen molar-refractivity contribution in [1.82, 2.24) is 24.1 Å². The number of pyridine rings is 1. The molecule has 29 heavy (non-hydrogen) atoms. The minimum absolute atomic E-state index is 0.00954. The van der Waals surface area contributed by atoms with Crippen molar-refractivity contribution in [3.05, 3.63) is 41.5 Å². The number of carbonyl (C=O) groups is 2. The van der Waals surface area contributed by atoms with Crippen LogP contribution in [-0.4, -0.2) is 61.3 Å². The first kappa shape index (κ1) is 17.9. The SMILES string of the molecule is O=CN1CCc2c(c(-c3cccn4cc(C(=O)O)nc34)nn2C2CCOCC2)C1. The van der Waals surface area contributed by atoms with Gasteiger partial charge in [-0.3, -0.25) is 9.48 Å². The lowest BCUT2D eigenvalue weighted by Crippen LogP contribution is -2.31. The molecule has 0 saturated carbocycles. The fraction of sp³-hybridized carbons (Fsp3) is 0.400. The molecule has 0 radical (unpaired) electrons. The largest absolute Gasteiger partial charge is 0.476 e. The number of ether oxygens (including phenoxy) is 1. The number of fused-ring (bicyclic) bond motifs is 2. The van der Waals surface area contributed by atoms with Gasteiger partial charge in [0.15, 0.2) is 5.69 Å². The Morgan fingerprint density at radius 3 is 2.90 bits per heavy atom. The number of carboxylic acids is 1. The number of aromatic nitrogens is 4. The van der Waals surface area contributed by atoms with Crippen LogP contribution in [0.3, 0.4) is 0 Å². The van der Waals surface area contributed by atoms with Gasteiger partial charge >= 0.3 is 5.97 Å². The van der Waals surface area contributed by atoms with Gasteiger partial charge in [-0.2, -0.15) is 5.10 Å². The molecule has 2 aliphatic rings. The van der Waals surface area contributed by atoms with Gasteiger partial charge in [-0.05, 0) is 25.0 Å². The predicted octanol–water partition coefficient (Wildman–Crippen LogP) is 1.76. The number of hydrogen-bond donors (Lipinski definition) is 1. The van der Waals surface area contributed by atoms with Crippen molar-refractivity contribution in [1.29, 1.82) is 0 Å². The van der Waals surface area contributed by atoms with Crippen molar-refractivity contribution in [3.8, 4) is 11.3 Å². The molecule has 9 heteroatoms. The number of amides is 1. The van der Waals surface area contributed by atoms with Gasteiger partial charge in [0, 0.05) is 61.9 Å². The highest BCUT2D eigenvalue weighted by Crippen LogP contribution is 2.35. The summed E-state index contributed by atoms with van der Waals surface area (Å²) in [6, 6.07) is 4.03. The van der Waals surface area contributed by atoms with Crippen LogP contribution >= 0.6 is 0 Å². The lowest BCUT2D eigenvalue weighted by molar-refractivity contribution is -0.118. The van der Waals surface area contributed by atoms with E-state index in [0.29, 0.717) is 32.0 Å². The van der Waals surface area contributed by atoms with Crippen LogP contribution in [0.2, 0.25) is 0 Å². The van der Waals surface area contributed by atoms with E-state index in [-0.39, 0.29) is 11.7 Å². The normalized spacial score (nSPS) is 17.4. The Balaban J connectivity index is 1.68.